The second kappa shape index (κ2) is 6.85. The lowest BCUT2D eigenvalue weighted by Gasteiger charge is -2.37. The van der Waals surface area contributed by atoms with Crippen LogP contribution in [0.5, 0.6) is 0 Å². The SMILES string of the molecule is CC(c1nccs1)N1CCN(C(=O)c2cnc3ccccc3n2)CC1. The highest BCUT2D eigenvalue weighted by Gasteiger charge is 2.27. The lowest BCUT2D eigenvalue weighted by Crippen LogP contribution is -2.49. The van der Waals surface area contributed by atoms with Crippen molar-refractivity contribution in [1.29, 1.82) is 0 Å². The van der Waals surface area contributed by atoms with Crippen molar-refractivity contribution in [2.45, 2.75) is 13.0 Å². The molecule has 1 unspecified atom stereocenters. The van der Waals surface area contributed by atoms with Crippen LogP contribution in [0.3, 0.4) is 0 Å². The molecule has 0 saturated carbocycles. The van der Waals surface area contributed by atoms with E-state index in [1.54, 1.807) is 17.5 Å². The van der Waals surface area contributed by atoms with E-state index in [0.717, 1.165) is 29.1 Å². The fourth-order valence-electron chi connectivity index (χ4n) is 3.13. The van der Waals surface area contributed by atoms with Crippen molar-refractivity contribution in [3.63, 3.8) is 0 Å². The fourth-order valence-corrected chi connectivity index (χ4v) is 3.86. The van der Waals surface area contributed by atoms with Crippen molar-refractivity contribution in [2.24, 2.45) is 0 Å². The monoisotopic (exact) mass is 353 g/mol. The van der Waals surface area contributed by atoms with Gasteiger partial charge in [-0.3, -0.25) is 14.7 Å². The molecule has 1 aliphatic rings. The number of rotatable bonds is 3. The molecule has 0 spiro atoms. The Kier molecular flexibility index (Phi) is 4.42. The van der Waals surface area contributed by atoms with Gasteiger partial charge in [-0.15, -0.1) is 11.3 Å². The quantitative estimate of drug-likeness (QED) is 0.724. The Labute approximate surface area is 150 Å². The molecule has 7 heteroatoms. The molecule has 4 rings (SSSR count). The third-order valence-electron chi connectivity index (χ3n) is 4.63. The highest BCUT2D eigenvalue weighted by molar-refractivity contribution is 7.09. The number of hydrogen-bond donors (Lipinski definition) is 0. The predicted molar refractivity (Wildman–Crippen MR) is 97.5 cm³/mol. The molecule has 3 aromatic rings. The molecule has 1 amide bonds. The van der Waals surface area contributed by atoms with Crippen molar-refractivity contribution in [3.05, 3.63) is 52.7 Å². The summed E-state index contributed by atoms with van der Waals surface area (Å²) in [6.45, 7) is 5.25. The van der Waals surface area contributed by atoms with Crippen LogP contribution in [0, 0.1) is 0 Å². The first-order chi connectivity index (χ1) is 12.2. The number of nitrogens with zero attached hydrogens (tertiary/aromatic N) is 5. The van der Waals surface area contributed by atoms with E-state index >= 15 is 0 Å². The molecule has 128 valence electrons. The summed E-state index contributed by atoms with van der Waals surface area (Å²) in [4.78, 5) is 30.2. The van der Waals surface area contributed by atoms with E-state index in [1.807, 2.05) is 40.7 Å². The molecule has 0 bridgehead atoms. The zero-order valence-electron chi connectivity index (χ0n) is 14.0. The fraction of sp³-hybridized carbons (Fsp3) is 0.333. The molecule has 6 nitrogen and oxygen atoms in total. The van der Waals surface area contributed by atoms with Gasteiger partial charge in [0.05, 0.1) is 23.3 Å². The third-order valence-corrected chi connectivity index (χ3v) is 5.57. The number of para-hydroxylation sites is 2. The molecule has 0 radical (unpaired) electrons. The minimum Gasteiger partial charge on any atom is -0.335 e. The number of thiazole rings is 1. The Morgan fingerprint density at radius 2 is 1.88 bits per heavy atom. The average molecular weight is 353 g/mol. The first-order valence-corrected chi connectivity index (χ1v) is 9.25. The number of amides is 1. The van der Waals surface area contributed by atoms with Gasteiger partial charge in [-0.05, 0) is 19.1 Å². The van der Waals surface area contributed by atoms with Crippen molar-refractivity contribution >= 4 is 28.3 Å². The van der Waals surface area contributed by atoms with Crippen LogP contribution in [-0.4, -0.2) is 56.8 Å². The van der Waals surface area contributed by atoms with Crippen molar-refractivity contribution in [3.8, 4) is 0 Å². The number of carbonyl (C=O) groups excluding carboxylic acids is 1. The minimum atomic E-state index is -0.0418. The second-order valence-corrected chi connectivity index (χ2v) is 7.04. The molecule has 1 atom stereocenters. The van der Waals surface area contributed by atoms with E-state index in [2.05, 4.69) is 26.8 Å². The molecule has 1 aliphatic heterocycles. The molecule has 0 N–H and O–H groups in total. The first-order valence-electron chi connectivity index (χ1n) is 8.37. The van der Waals surface area contributed by atoms with Crippen LogP contribution in [0.1, 0.15) is 28.5 Å². The summed E-state index contributed by atoms with van der Waals surface area (Å²) in [7, 11) is 0. The minimum absolute atomic E-state index is 0.0418. The van der Waals surface area contributed by atoms with Crippen LogP contribution in [0.4, 0.5) is 0 Å². The maximum Gasteiger partial charge on any atom is 0.274 e. The van der Waals surface area contributed by atoms with Crippen LogP contribution >= 0.6 is 11.3 Å². The van der Waals surface area contributed by atoms with Crippen molar-refractivity contribution in [2.75, 3.05) is 26.2 Å². The van der Waals surface area contributed by atoms with Crippen LogP contribution < -0.4 is 0 Å². The smallest absolute Gasteiger partial charge is 0.274 e. The molecule has 1 fully saturated rings. The standard InChI is InChI=1S/C18H19N5OS/c1-13(17-19-6-11-25-17)22-7-9-23(10-8-22)18(24)16-12-20-14-4-2-3-5-15(14)21-16/h2-6,11-13H,7-10H2,1H3. The van der Waals surface area contributed by atoms with Gasteiger partial charge < -0.3 is 4.90 Å². The molecule has 25 heavy (non-hydrogen) atoms. The Balaban J connectivity index is 1.43. The molecule has 2 aromatic heterocycles. The van der Waals surface area contributed by atoms with Crippen LogP contribution in [-0.2, 0) is 0 Å². The Morgan fingerprint density at radius 3 is 2.60 bits per heavy atom. The summed E-state index contributed by atoms with van der Waals surface area (Å²) in [5.74, 6) is -0.0418. The Morgan fingerprint density at radius 1 is 1.12 bits per heavy atom. The number of hydrogen-bond acceptors (Lipinski definition) is 6. The second-order valence-electron chi connectivity index (χ2n) is 6.12. The summed E-state index contributed by atoms with van der Waals surface area (Å²) < 4.78 is 0. The number of benzene rings is 1. The van der Waals surface area contributed by atoms with Crippen LogP contribution in [0.15, 0.2) is 42.0 Å². The van der Waals surface area contributed by atoms with Gasteiger partial charge in [-0.25, -0.2) is 9.97 Å². The van der Waals surface area contributed by atoms with Gasteiger partial charge in [0, 0.05) is 37.8 Å². The van der Waals surface area contributed by atoms with Gasteiger partial charge in [0.25, 0.3) is 5.91 Å². The van der Waals surface area contributed by atoms with Crippen molar-refractivity contribution in [1.82, 2.24) is 24.8 Å². The lowest BCUT2D eigenvalue weighted by atomic mass is 10.2. The van der Waals surface area contributed by atoms with E-state index in [1.165, 1.54) is 0 Å². The van der Waals surface area contributed by atoms with Gasteiger partial charge in [-0.1, -0.05) is 12.1 Å². The predicted octanol–water partition coefficient (Wildman–Crippen LogP) is 2.61. The maximum atomic E-state index is 12.7. The number of piperazine rings is 1. The molecule has 1 aromatic carbocycles. The zero-order valence-corrected chi connectivity index (χ0v) is 14.8. The van der Waals surface area contributed by atoms with E-state index in [9.17, 15) is 4.79 Å². The molecule has 1 saturated heterocycles. The van der Waals surface area contributed by atoms with Gasteiger partial charge in [0.1, 0.15) is 10.7 Å². The van der Waals surface area contributed by atoms with E-state index in [4.69, 9.17) is 0 Å². The first kappa shape index (κ1) is 16.1. The van der Waals surface area contributed by atoms with E-state index in [0.29, 0.717) is 18.8 Å². The summed E-state index contributed by atoms with van der Waals surface area (Å²) in [5, 5.41) is 3.13. The highest BCUT2D eigenvalue weighted by atomic mass is 32.1. The largest absolute Gasteiger partial charge is 0.335 e. The van der Waals surface area contributed by atoms with Crippen LogP contribution in [0.2, 0.25) is 0 Å². The molecular formula is C18H19N5OS. The Hall–Kier alpha value is -2.38. The van der Waals surface area contributed by atoms with Gasteiger partial charge >= 0.3 is 0 Å². The van der Waals surface area contributed by atoms with E-state index < -0.39 is 0 Å². The average Bonchev–Trinajstić information content (AvgIpc) is 3.21. The molecule has 0 aliphatic carbocycles. The normalized spacial score (nSPS) is 16.9. The number of fused-ring (bicyclic) bond motifs is 1. The molecular weight excluding hydrogens is 334 g/mol. The summed E-state index contributed by atoms with van der Waals surface area (Å²) >= 11 is 1.68. The summed E-state index contributed by atoms with van der Waals surface area (Å²) in [6.07, 6.45) is 3.42. The zero-order chi connectivity index (χ0) is 17.2. The number of aromatic nitrogens is 3. The van der Waals surface area contributed by atoms with Crippen LogP contribution in [0.25, 0.3) is 11.0 Å². The Bertz CT molecular complexity index is 874. The van der Waals surface area contributed by atoms with Gasteiger partial charge in [-0.2, -0.15) is 0 Å². The summed E-state index contributed by atoms with van der Waals surface area (Å²) in [5.41, 5.74) is 1.98. The van der Waals surface area contributed by atoms with E-state index in [-0.39, 0.29) is 11.9 Å². The van der Waals surface area contributed by atoms with Crippen molar-refractivity contribution < 1.29 is 4.79 Å². The lowest BCUT2D eigenvalue weighted by molar-refractivity contribution is 0.0576. The highest BCUT2D eigenvalue weighted by Crippen LogP contribution is 2.23. The maximum absolute atomic E-state index is 12.7. The summed E-state index contributed by atoms with van der Waals surface area (Å²) in [6, 6.07) is 7.89. The topological polar surface area (TPSA) is 62.2 Å². The van der Waals surface area contributed by atoms with Gasteiger partial charge in [0.15, 0.2) is 0 Å². The molecule has 3 heterocycles. The third kappa shape index (κ3) is 3.25. The van der Waals surface area contributed by atoms with Gasteiger partial charge in [0.2, 0.25) is 0 Å². The number of carbonyl (C=O) groups is 1.